The molecule has 2 aliphatic rings. The molecule has 0 spiro atoms. The monoisotopic (exact) mass is 439 g/mol. The van der Waals surface area contributed by atoms with Crippen LogP contribution in [-0.2, 0) is 25.7 Å². The van der Waals surface area contributed by atoms with Gasteiger partial charge in [0.1, 0.15) is 11.9 Å². The summed E-state index contributed by atoms with van der Waals surface area (Å²) in [4.78, 5) is 51.2. The first-order chi connectivity index (χ1) is 15.3. The topological polar surface area (TPSA) is 116 Å². The lowest BCUT2D eigenvalue weighted by Gasteiger charge is -2.27. The molecule has 0 N–H and O–H groups in total. The molecule has 0 radical (unpaired) electrons. The molecule has 2 heterocycles. The van der Waals surface area contributed by atoms with Crippen molar-refractivity contribution in [1.29, 1.82) is 0 Å². The first-order valence-electron chi connectivity index (χ1n) is 9.54. The minimum Gasteiger partial charge on any atom is -0.545 e. The number of anilines is 1. The fraction of sp³-hybridized carbons (Fsp3) is 0.182. The number of carbonyl (C=O) groups is 4. The summed E-state index contributed by atoms with van der Waals surface area (Å²) >= 11 is 0. The summed E-state index contributed by atoms with van der Waals surface area (Å²) in [5.41, 5.74) is 0.745. The predicted molar refractivity (Wildman–Crippen MR) is 105 cm³/mol. The number of carbonyl (C=O) groups excluding carboxylic acids is 4. The SMILES string of the molecule is O=C([O-])C=CC(=O)N(Cc1ccc2c(c1)OCO2)[C@H]1CC(=O)N(c2ccc(F)cc2)C1=O. The van der Waals surface area contributed by atoms with Crippen molar-refractivity contribution in [1.82, 2.24) is 4.90 Å². The van der Waals surface area contributed by atoms with Gasteiger partial charge < -0.3 is 24.3 Å². The Bertz CT molecular complexity index is 1130. The van der Waals surface area contributed by atoms with Gasteiger partial charge in [-0.2, -0.15) is 0 Å². The summed E-state index contributed by atoms with van der Waals surface area (Å²) in [6, 6.07) is 8.55. The number of benzene rings is 2. The molecule has 10 heteroatoms. The van der Waals surface area contributed by atoms with E-state index >= 15 is 0 Å². The molecule has 2 aromatic rings. The molecule has 2 aliphatic heterocycles. The van der Waals surface area contributed by atoms with E-state index in [1.807, 2.05) is 0 Å². The van der Waals surface area contributed by atoms with Gasteiger partial charge >= 0.3 is 0 Å². The number of halogens is 1. The number of hydrogen-bond donors (Lipinski definition) is 0. The second-order valence-corrected chi connectivity index (χ2v) is 7.07. The van der Waals surface area contributed by atoms with E-state index in [1.54, 1.807) is 18.2 Å². The zero-order chi connectivity index (χ0) is 22.8. The van der Waals surface area contributed by atoms with Gasteiger partial charge in [-0.3, -0.25) is 14.4 Å². The van der Waals surface area contributed by atoms with Crippen molar-refractivity contribution in [2.75, 3.05) is 11.7 Å². The van der Waals surface area contributed by atoms with E-state index in [4.69, 9.17) is 9.47 Å². The Labute approximate surface area is 181 Å². The Morgan fingerprint density at radius 2 is 1.81 bits per heavy atom. The largest absolute Gasteiger partial charge is 0.545 e. The summed E-state index contributed by atoms with van der Waals surface area (Å²) in [6.07, 6.45) is 1.00. The highest BCUT2D eigenvalue weighted by Crippen LogP contribution is 2.34. The van der Waals surface area contributed by atoms with Crippen LogP contribution in [0.25, 0.3) is 0 Å². The van der Waals surface area contributed by atoms with E-state index in [9.17, 15) is 28.7 Å². The van der Waals surface area contributed by atoms with Crippen molar-refractivity contribution in [3.05, 3.63) is 66.0 Å². The number of hydrogen-bond acceptors (Lipinski definition) is 7. The maximum Gasteiger partial charge on any atom is 0.257 e. The minimum absolute atomic E-state index is 0.0536. The van der Waals surface area contributed by atoms with E-state index in [1.165, 1.54) is 12.1 Å². The molecule has 1 fully saturated rings. The molecule has 0 aromatic heterocycles. The lowest BCUT2D eigenvalue weighted by Crippen LogP contribution is -2.44. The highest BCUT2D eigenvalue weighted by atomic mass is 19.1. The first-order valence-corrected chi connectivity index (χ1v) is 9.54. The number of rotatable bonds is 6. The van der Waals surface area contributed by atoms with Crippen LogP contribution in [0.3, 0.4) is 0 Å². The van der Waals surface area contributed by atoms with Gasteiger partial charge in [0.2, 0.25) is 18.6 Å². The molecule has 0 aliphatic carbocycles. The molecule has 1 atom stereocenters. The van der Waals surface area contributed by atoms with Crippen molar-refractivity contribution in [2.45, 2.75) is 19.0 Å². The maximum atomic E-state index is 13.2. The highest BCUT2D eigenvalue weighted by Gasteiger charge is 2.44. The van der Waals surface area contributed by atoms with Crippen LogP contribution >= 0.6 is 0 Å². The van der Waals surface area contributed by atoms with Crippen molar-refractivity contribution in [3.8, 4) is 11.5 Å². The molecular formula is C22H16FN2O7-. The van der Waals surface area contributed by atoms with E-state index in [2.05, 4.69) is 0 Å². The zero-order valence-corrected chi connectivity index (χ0v) is 16.5. The molecule has 9 nitrogen and oxygen atoms in total. The third-order valence-corrected chi connectivity index (χ3v) is 5.02. The van der Waals surface area contributed by atoms with E-state index in [0.29, 0.717) is 23.1 Å². The zero-order valence-electron chi connectivity index (χ0n) is 16.5. The molecule has 0 saturated carbocycles. The number of nitrogens with zero attached hydrogens (tertiary/aromatic N) is 2. The number of fused-ring (bicyclic) bond motifs is 1. The number of imide groups is 1. The molecule has 164 valence electrons. The van der Waals surface area contributed by atoms with Crippen molar-refractivity contribution in [3.63, 3.8) is 0 Å². The second kappa shape index (κ2) is 8.50. The average Bonchev–Trinajstić information content (AvgIpc) is 3.34. The second-order valence-electron chi connectivity index (χ2n) is 7.07. The van der Waals surface area contributed by atoms with Gasteiger partial charge in [0.15, 0.2) is 11.5 Å². The normalized spacial score (nSPS) is 17.3. The lowest BCUT2D eigenvalue weighted by atomic mass is 10.1. The van der Waals surface area contributed by atoms with Crippen LogP contribution in [0.4, 0.5) is 10.1 Å². The van der Waals surface area contributed by atoms with Crippen LogP contribution in [0.5, 0.6) is 11.5 Å². The quantitative estimate of drug-likeness (QED) is 0.476. The smallest absolute Gasteiger partial charge is 0.257 e. The number of ether oxygens (including phenoxy) is 2. The molecule has 3 amide bonds. The van der Waals surface area contributed by atoms with Crippen LogP contribution in [0.2, 0.25) is 0 Å². The molecule has 0 bridgehead atoms. The van der Waals surface area contributed by atoms with Gasteiger partial charge in [-0.25, -0.2) is 9.29 Å². The molecule has 32 heavy (non-hydrogen) atoms. The van der Waals surface area contributed by atoms with Gasteiger partial charge in [-0.15, -0.1) is 0 Å². The number of carboxylic acids is 1. The summed E-state index contributed by atoms with van der Waals surface area (Å²) in [5.74, 6) is -3.17. The summed E-state index contributed by atoms with van der Waals surface area (Å²) < 4.78 is 23.8. The third-order valence-electron chi connectivity index (χ3n) is 5.02. The molecule has 4 rings (SSSR count). The Morgan fingerprint density at radius 1 is 1.09 bits per heavy atom. The minimum atomic E-state index is -1.58. The predicted octanol–water partition coefficient (Wildman–Crippen LogP) is 0.521. The van der Waals surface area contributed by atoms with Crippen LogP contribution in [0, 0.1) is 5.82 Å². The Hall–Kier alpha value is -4.21. The summed E-state index contributed by atoms with van der Waals surface area (Å²) in [7, 11) is 0. The highest BCUT2D eigenvalue weighted by molar-refractivity contribution is 6.23. The fourth-order valence-corrected chi connectivity index (χ4v) is 3.53. The Balaban J connectivity index is 1.64. The van der Waals surface area contributed by atoms with E-state index in [-0.39, 0.29) is 25.4 Å². The van der Waals surface area contributed by atoms with Gasteiger partial charge in [-0.05, 0) is 48.0 Å². The third kappa shape index (κ3) is 4.15. The van der Waals surface area contributed by atoms with Gasteiger partial charge in [-0.1, -0.05) is 6.07 Å². The van der Waals surface area contributed by atoms with E-state index in [0.717, 1.165) is 28.0 Å². The summed E-state index contributed by atoms with van der Waals surface area (Å²) in [6.45, 7) is -0.0498. The molecule has 2 aromatic carbocycles. The van der Waals surface area contributed by atoms with Crippen LogP contribution in [0.15, 0.2) is 54.6 Å². The Morgan fingerprint density at radius 3 is 2.53 bits per heavy atom. The lowest BCUT2D eigenvalue weighted by molar-refractivity contribution is -0.297. The van der Waals surface area contributed by atoms with Crippen molar-refractivity contribution < 1.29 is 38.1 Å². The standard InChI is InChI=1S/C22H17FN2O7/c23-14-2-4-15(5-3-14)25-20(27)10-16(22(25)30)24(19(26)7-8-21(28)29)11-13-1-6-17-18(9-13)32-12-31-17/h1-9,16H,10-12H2,(H,28,29)/p-1/t16-/m0/s1. The van der Waals surface area contributed by atoms with Crippen LogP contribution in [-0.4, -0.2) is 41.4 Å². The molecule has 0 unspecified atom stereocenters. The first kappa shape index (κ1) is 21.0. The number of amides is 3. The van der Waals surface area contributed by atoms with Crippen LogP contribution in [0.1, 0.15) is 12.0 Å². The molecule has 1 saturated heterocycles. The Kier molecular flexibility index (Phi) is 5.59. The fourth-order valence-electron chi connectivity index (χ4n) is 3.53. The maximum absolute atomic E-state index is 13.2. The number of aliphatic carboxylic acids is 1. The average molecular weight is 439 g/mol. The van der Waals surface area contributed by atoms with Gasteiger partial charge in [0.05, 0.1) is 18.1 Å². The van der Waals surface area contributed by atoms with Gasteiger partial charge in [0, 0.05) is 12.6 Å². The van der Waals surface area contributed by atoms with Gasteiger partial charge in [0.25, 0.3) is 5.91 Å². The summed E-state index contributed by atoms with van der Waals surface area (Å²) in [5, 5.41) is 10.8. The molecular weight excluding hydrogens is 423 g/mol. The number of carboxylic acid groups (broad SMARTS) is 1. The van der Waals surface area contributed by atoms with Crippen molar-refractivity contribution >= 4 is 29.4 Å². The van der Waals surface area contributed by atoms with E-state index < -0.39 is 35.5 Å². The van der Waals surface area contributed by atoms with Crippen LogP contribution < -0.4 is 19.5 Å². The van der Waals surface area contributed by atoms with Crippen molar-refractivity contribution in [2.24, 2.45) is 0 Å².